The fraction of sp³-hybridized carbons (Fsp3) is 0.667. The maximum absolute atomic E-state index is 12.0. The molecule has 1 aliphatic carbocycles. The molecule has 1 aromatic heterocycles. The molecule has 1 heterocycles. The number of hydrogen-bond donors (Lipinski definition) is 2. The molecule has 0 bridgehead atoms. The van der Waals surface area contributed by atoms with E-state index in [4.69, 9.17) is 10.7 Å². The van der Waals surface area contributed by atoms with Crippen LogP contribution in [0.5, 0.6) is 0 Å². The van der Waals surface area contributed by atoms with Crippen molar-refractivity contribution < 1.29 is 13.2 Å². The van der Waals surface area contributed by atoms with Crippen LogP contribution in [-0.4, -0.2) is 31.1 Å². The van der Waals surface area contributed by atoms with Crippen LogP contribution in [0.2, 0.25) is 0 Å². The molecular weight excluding hydrogens is 302 g/mol. The van der Waals surface area contributed by atoms with Crippen molar-refractivity contribution in [3.63, 3.8) is 0 Å². The number of hydrogen-bond acceptors (Lipinski definition) is 4. The second kappa shape index (κ2) is 5.73. The molecule has 0 spiro atoms. The van der Waals surface area contributed by atoms with E-state index in [1.165, 1.54) is 13.3 Å². The second-order valence-corrected chi connectivity index (χ2v) is 7.96. The second-order valence-electron chi connectivity index (χ2n) is 5.46. The van der Waals surface area contributed by atoms with Gasteiger partial charge in [-0.15, -0.1) is 0 Å². The lowest BCUT2D eigenvalue weighted by Gasteiger charge is -2.10. The van der Waals surface area contributed by atoms with Gasteiger partial charge in [-0.25, -0.2) is 8.42 Å². The van der Waals surface area contributed by atoms with Gasteiger partial charge in [-0.2, -0.15) is 5.10 Å². The number of nitrogens with one attached hydrogen (secondary N) is 2. The van der Waals surface area contributed by atoms with Crippen molar-refractivity contribution in [3.05, 3.63) is 11.4 Å². The van der Waals surface area contributed by atoms with Crippen molar-refractivity contribution in [1.82, 2.24) is 15.5 Å². The highest BCUT2D eigenvalue weighted by molar-refractivity contribution is 8.13. The van der Waals surface area contributed by atoms with Crippen LogP contribution >= 0.6 is 10.7 Å². The van der Waals surface area contributed by atoms with Crippen molar-refractivity contribution in [3.8, 4) is 0 Å². The zero-order valence-corrected chi connectivity index (χ0v) is 13.0. The topological polar surface area (TPSA) is 91.9 Å². The van der Waals surface area contributed by atoms with E-state index >= 15 is 0 Å². The Balaban J connectivity index is 2.07. The highest BCUT2D eigenvalue weighted by atomic mass is 35.7. The third-order valence-corrected chi connectivity index (χ3v) is 5.15. The first-order valence-electron chi connectivity index (χ1n) is 6.57. The van der Waals surface area contributed by atoms with Crippen molar-refractivity contribution >= 4 is 25.6 Å². The van der Waals surface area contributed by atoms with Gasteiger partial charge in [0.15, 0.2) is 5.69 Å². The standard InChI is InChI=1S/C12H18ClN3O3S/c1-7-3-4-9(5-7)6-14-12(17)10-11(20(13,18)19)8(2)15-16-10/h7,9H,3-6H2,1-2H3,(H,14,17)(H,15,16). The summed E-state index contributed by atoms with van der Waals surface area (Å²) in [5.41, 5.74) is 0.100. The monoisotopic (exact) mass is 319 g/mol. The lowest BCUT2D eigenvalue weighted by atomic mass is 10.1. The molecule has 2 atom stereocenters. The van der Waals surface area contributed by atoms with Crippen molar-refractivity contribution in [2.75, 3.05) is 6.54 Å². The molecular formula is C12H18ClN3O3S. The van der Waals surface area contributed by atoms with Crippen molar-refractivity contribution in [2.24, 2.45) is 11.8 Å². The number of carbonyl (C=O) groups excluding carboxylic acids is 1. The Morgan fingerprint density at radius 1 is 1.50 bits per heavy atom. The summed E-state index contributed by atoms with van der Waals surface area (Å²) in [4.78, 5) is 11.8. The number of halogens is 1. The van der Waals surface area contributed by atoms with Crippen LogP contribution in [0.4, 0.5) is 0 Å². The van der Waals surface area contributed by atoms with Crippen LogP contribution in [-0.2, 0) is 9.05 Å². The van der Waals surface area contributed by atoms with E-state index in [0.29, 0.717) is 18.4 Å². The van der Waals surface area contributed by atoms with Gasteiger partial charge in [0, 0.05) is 17.2 Å². The Morgan fingerprint density at radius 2 is 2.20 bits per heavy atom. The summed E-state index contributed by atoms with van der Waals surface area (Å²) in [6.45, 7) is 4.24. The molecule has 8 heteroatoms. The molecule has 0 aromatic carbocycles. The first-order chi connectivity index (χ1) is 9.29. The molecule has 1 fully saturated rings. The molecule has 1 saturated carbocycles. The summed E-state index contributed by atoms with van der Waals surface area (Å²) >= 11 is 0. The minimum absolute atomic E-state index is 0.163. The first-order valence-corrected chi connectivity index (χ1v) is 8.87. The van der Waals surface area contributed by atoms with E-state index in [1.807, 2.05) is 0 Å². The lowest BCUT2D eigenvalue weighted by molar-refractivity contribution is 0.0939. The Kier molecular flexibility index (Phi) is 4.39. The fourth-order valence-electron chi connectivity index (χ4n) is 2.70. The van der Waals surface area contributed by atoms with Gasteiger partial charge >= 0.3 is 0 Å². The molecule has 1 amide bonds. The number of nitrogens with zero attached hydrogens (tertiary/aromatic N) is 1. The van der Waals surface area contributed by atoms with Gasteiger partial charge in [0.25, 0.3) is 15.0 Å². The molecule has 2 rings (SSSR count). The van der Waals surface area contributed by atoms with Gasteiger partial charge in [-0.3, -0.25) is 9.89 Å². The van der Waals surface area contributed by atoms with Crippen LogP contribution < -0.4 is 5.32 Å². The van der Waals surface area contributed by atoms with Gasteiger partial charge in [-0.1, -0.05) is 13.3 Å². The zero-order valence-electron chi connectivity index (χ0n) is 11.4. The predicted molar refractivity (Wildman–Crippen MR) is 75.2 cm³/mol. The van der Waals surface area contributed by atoms with Gasteiger partial charge in [0.1, 0.15) is 4.90 Å². The molecule has 20 heavy (non-hydrogen) atoms. The Hall–Kier alpha value is -1.08. The van der Waals surface area contributed by atoms with Gasteiger partial charge in [0.05, 0.1) is 5.69 Å². The van der Waals surface area contributed by atoms with Crippen LogP contribution in [0.1, 0.15) is 42.4 Å². The van der Waals surface area contributed by atoms with E-state index in [-0.39, 0.29) is 16.3 Å². The number of H-pyrrole nitrogens is 1. The number of aryl methyl sites for hydroxylation is 1. The number of carbonyl (C=O) groups is 1. The van der Waals surface area contributed by atoms with Gasteiger partial charge in [-0.05, 0) is 31.6 Å². The highest BCUT2D eigenvalue weighted by Gasteiger charge is 2.28. The summed E-state index contributed by atoms with van der Waals surface area (Å²) in [5, 5.41) is 8.97. The average molecular weight is 320 g/mol. The summed E-state index contributed by atoms with van der Waals surface area (Å²) < 4.78 is 22.9. The van der Waals surface area contributed by atoms with E-state index in [9.17, 15) is 13.2 Å². The molecule has 2 N–H and O–H groups in total. The van der Waals surface area contributed by atoms with Crippen LogP contribution in [0.15, 0.2) is 4.90 Å². The molecule has 0 radical (unpaired) electrons. The smallest absolute Gasteiger partial charge is 0.273 e. The zero-order chi connectivity index (χ0) is 14.9. The third kappa shape index (κ3) is 3.32. The number of rotatable bonds is 4. The Bertz CT molecular complexity index is 611. The SMILES string of the molecule is Cc1[nH]nc(C(=O)NCC2CCC(C)C2)c1S(=O)(=O)Cl. The van der Waals surface area contributed by atoms with E-state index < -0.39 is 15.0 Å². The van der Waals surface area contributed by atoms with E-state index in [0.717, 1.165) is 12.8 Å². The van der Waals surface area contributed by atoms with Crippen molar-refractivity contribution in [2.45, 2.75) is 38.0 Å². The summed E-state index contributed by atoms with van der Waals surface area (Å²) in [7, 11) is 1.34. The molecule has 6 nitrogen and oxygen atoms in total. The Labute approximate surface area is 122 Å². The molecule has 0 aliphatic heterocycles. The van der Waals surface area contributed by atoms with Crippen LogP contribution in [0, 0.1) is 18.8 Å². The summed E-state index contributed by atoms with van der Waals surface area (Å²) in [6, 6.07) is 0. The third-order valence-electron chi connectivity index (χ3n) is 3.70. The quantitative estimate of drug-likeness (QED) is 0.828. The summed E-state index contributed by atoms with van der Waals surface area (Å²) in [5.74, 6) is 0.626. The maximum atomic E-state index is 12.0. The predicted octanol–water partition coefficient (Wildman–Crippen LogP) is 1.81. The largest absolute Gasteiger partial charge is 0.350 e. The first kappa shape index (κ1) is 15.3. The van der Waals surface area contributed by atoms with E-state index in [1.54, 1.807) is 0 Å². The Morgan fingerprint density at radius 3 is 2.75 bits per heavy atom. The molecule has 2 unspecified atom stereocenters. The fourth-order valence-corrected chi connectivity index (χ4v) is 4.05. The minimum Gasteiger partial charge on any atom is -0.350 e. The molecule has 1 aliphatic rings. The van der Waals surface area contributed by atoms with Crippen LogP contribution in [0.3, 0.4) is 0 Å². The molecule has 0 saturated heterocycles. The summed E-state index contributed by atoms with van der Waals surface area (Å²) in [6.07, 6.45) is 3.34. The average Bonchev–Trinajstić information content (AvgIpc) is 2.91. The van der Waals surface area contributed by atoms with E-state index in [2.05, 4.69) is 22.4 Å². The number of amides is 1. The van der Waals surface area contributed by atoms with Crippen LogP contribution in [0.25, 0.3) is 0 Å². The van der Waals surface area contributed by atoms with Gasteiger partial charge in [0.2, 0.25) is 0 Å². The lowest BCUT2D eigenvalue weighted by Crippen LogP contribution is -2.29. The number of aromatic amines is 1. The minimum atomic E-state index is -3.99. The normalized spacial score (nSPS) is 22.9. The van der Waals surface area contributed by atoms with Gasteiger partial charge < -0.3 is 5.32 Å². The molecule has 112 valence electrons. The highest BCUT2D eigenvalue weighted by Crippen LogP contribution is 2.29. The maximum Gasteiger partial charge on any atom is 0.273 e. The number of aromatic nitrogens is 2. The molecule has 1 aromatic rings. The van der Waals surface area contributed by atoms with Crippen molar-refractivity contribution in [1.29, 1.82) is 0 Å².